The zero-order valence-corrected chi connectivity index (χ0v) is 32.6. The Kier molecular flexibility index (Phi) is 10.7. The van der Waals surface area contributed by atoms with E-state index in [2.05, 4.69) is 15.4 Å². The van der Waals surface area contributed by atoms with E-state index in [9.17, 15) is 27.6 Å². The fourth-order valence-corrected chi connectivity index (χ4v) is 9.56. The number of sulfonamides is 1. The maximum absolute atomic E-state index is 15.5. The molecule has 3 N–H and O–H groups in total. The Morgan fingerprint density at radius 1 is 0.929 bits per heavy atom. The van der Waals surface area contributed by atoms with Crippen LogP contribution in [0.2, 0.25) is 0 Å². The smallest absolute Gasteiger partial charge is 0.408 e. The van der Waals surface area contributed by atoms with Gasteiger partial charge in [0.1, 0.15) is 29.3 Å². The summed E-state index contributed by atoms with van der Waals surface area (Å²) in [6.07, 6.45) is -1.31. The largest absolute Gasteiger partial charge is 0.472 e. The summed E-state index contributed by atoms with van der Waals surface area (Å²) in [4.78, 5) is 62.2. The van der Waals surface area contributed by atoms with E-state index >= 15 is 8.78 Å². The first-order valence-electron chi connectivity index (χ1n) is 19.4. The second-order valence-electron chi connectivity index (χ2n) is 16.7. The molecular weight excluding hydrogens is 749 g/mol. The normalized spacial score (nSPS) is 27.5. The first-order chi connectivity index (χ1) is 26.4. The molecule has 3 heterocycles. The fraction of sp³-hybridized carbons (Fsp3) is 0.575. The molecule has 5 atom stereocenters. The molecule has 2 aliphatic carbocycles. The minimum Gasteiger partial charge on any atom is -0.472 e. The van der Waals surface area contributed by atoms with E-state index in [4.69, 9.17) is 14.5 Å². The number of nitrogens with one attached hydrogen (secondary N) is 3. The van der Waals surface area contributed by atoms with Gasteiger partial charge in [-0.2, -0.15) is 0 Å². The molecule has 7 rings (SSSR count). The van der Waals surface area contributed by atoms with Gasteiger partial charge in [0, 0.05) is 30.0 Å². The van der Waals surface area contributed by atoms with Crippen molar-refractivity contribution in [2.24, 2.45) is 5.92 Å². The molecule has 3 aromatic rings. The number of hydrogen-bond donors (Lipinski definition) is 3. The molecule has 302 valence electrons. The number of carbonyl (C=O) groups excluding carboxylic acids is 4. The molecule has 13 nitrogen and oxygen atoms in total. The lowest BCUT2D eigenvalue weighted by Gasteiger charge is -2.49. The molecular formula is C40H49F2N5O8S. The highest BCUT2D eigenvalue weighted by atomic mass is 32.2. The van der Waals surface area contributed by atoms with Crippen LogP contribution < -0.4 is 20.1 Å². The lowest BCUT2D eigenvalue weighted by molar-refractivity contribution is -0.148. The number of rotatable bonds is 6. The third kappa shape index (κ3) is 8.40. The number of fused-ring (bicyclic) bond motifs is 5. The van der Waals surface area contributed by atoms with Crippen LogP contribution in [0.15, 0.2) is 48.5 Å². The van der Waals surface area contributed by atoms with Crippen molar-refractivity contribution in [1.29, 1.82) is 0 Å². The van der Waals surface area contributed by atoms with Crippen molar-refractivity contribution in [2.75, 3.05) is 6.54 Å². The maximum Gasteiger partial charge on any atom is 0.408 e. The minimum absolute atomic E-state index is 0.0675. The molecule has 0 bridgehead atoms. The Labute approximate surface area is 324 Å². The van der Waals surface area contributed by atoms with Gasteiger partial charge in [0.15, 0.2) is 0 Å². The number of hydrogen-bond acceptors (Lipinski definition) is 9. The van der Waals surface area contributed by atoms with Crippen molar-refractivity contribution in [3.8, 4) is 5.88 Å². The van der Waals surface area contributed by atoms with Gasteiger partial charge >= 0.3 is 6.09 Å². The summed E-state index contributed by atoms with van der Waals surface area (Å²) >= 11 is 0. The molecule has 2 aromatic carbocycles. The number of alkyl carbamates (subject to hydrolysis) is 1. The van der Waals surface area contributed by atoms with E-state index in [1.165, 1.54) is 4.90 Å². The van der Waals surface area contributed by atoms with Gasteiger partial charge in [0.25, 0.3) is 5.91 Å². The summed E-state index contributed by atoms with van der Waals surface area (Å²) in [5.74, 6) is -6.49. The zero-order chi connectivity index (χ0) is 40.0. The van der Waals surface area contributed by atoms with E-state index in [0.29, 0.717) is 36.6 Å². The van der Waals surface area contributed by atoms with Gasteiger partial charge in [-0.25, -0.2) is 27.0 Å². The van der Waals surface area contributed by atoms with Crippen LogP contribution in [0, 0.1) is 5.92 Å². The third-order valence-corrected chi connectivity index (χ3v) is 13.1. The number of halogens is 2. The highest BCUT2D eigenvalue weighted by molar-refractivity contribution is 7.91. The number of nitrogens with zero attached hydrogens (tertiary/aromatic N) is 2. The van der Waals surface area contributed by atoms with Crippen molar-refractivity contribution in [3.63, 3.8) is 0 Å². The predicted molar refractivity (Wildman–Crippen MR) is 203 cm³/mol. The molecule has 16 heteroatoms. The van der Waals surface area contributed by atoms with E-state index < -0.39 is 93.1 Å². The van der Waals surface area contributed by atoms with Crippen molar-refractivity contribution >= 4 is 55.5 Å². The quantitative estimate of drug-likeness (QED) is 0.273. The summed E-state index contributed by atoms with van der Waals surface area (Å²) in [5, 5.41) is 7.10. The van der Waals surface area contributed by atoms with Crippen LogP contribution >= 0.6 is 0 Å². The standard InChI is InChI=1S/C40H49F2N5O8S/c1-38(2,3)55-37(51)44-31-15-5-4-10-19-39(41,42)22-24-18-20-40(24,36(50)46-56(52,53)26-16-17-26)45-33(48)32-21-25(23-47(32)35(31)49)54-34-29-13-7-6-11-27(29)28-12-8-9-14-30(28)43-34/h6-9,11-14,24-26,31-32H,4-5,10,15-23H2,1-3H3,(H,44,51)(H,45,48)(H,46,50). The van der Waals surface area contributed by atoms with Crippen LogP contribution in [-0.2, 0) is 29.1 Å². The fourth-order valence-electron chi connectivity index (χ4n) is 8.19. The first-order valence-corrected chi connectivity index (χ1v) is 21.0. The number of amides is 4. The maximum atomic E-state index is 15.5. The summed E-state index contributed by atoms with van der Waals surface area (Å²) in [6, 6.07) is 12.7. The molecule has 0 radical (unpaired) electrons. The lowest BCUT2D eigenvalue weighted by Crippen LogP contribution is -2.71. The van der Waals surface area contributed by atoms with Gasteiger partial charge < -0.3 is 25.0 Å². The van der Waals surface area contributed by atoms with Gasteiger partial charge in [-0.15, -0.1) is 0 Å². The number of aromatic nitrogens is 1. The average molecular weight is 798 g/mol. The Hall–Kier alpha value is -4.60. The number of alkyl halides is 2. The highest BCUT2D eigenvalue weighted by Crippen LogP contribution is 2.47. The molecule has 2 saturated carbocycles. The first kappa shape index (κ1) is 39.6. The Bertz CT molecular complexity index is 2140. The molecule has 2 aliphatic heterocycles. The summed E-state index contributed by atoms with van der Waals surface area (Å²) < 4.78 is 71.1. The van der Waals surface area contributed by atoms with Crippen molar-refractivity contribution in [3.05, 3.63) is 48.5 Å². The molecule has 2 saturated heterocycles. The molecule has 56 heavy (non-hydrogen) atoms. The molecule has 4 aliphatic rings. The SMILES string of the molecule is CC(C)(C)OC(=O)NC1CCCCCC(F)(F)CC2CCC2(C(=O)NS(=O)(=O)C2CC2)NC(=O)C2CC(Oc3nc4ccccc4c4ccccc34)CN2C1=O. The second-order valence-corrected chi connectivity index (χ2v) is 18.7. The monoisotopic (exact) mass is 797 g/mol. The number of ether oxygens (including phenoxy) is 2. The van der Waals surface area contributed by atoms with Crippen LogP contribution in [0.3, 0.4) is 0 Å². The zero-order valence-electron chi connectivity index (χ0n) is 31.8. The topological polar surface area (TPSA) is 173 Å². The number of benzene rings is 2. The lowest BCUT2D eigenvalue weighted by atomic mass is 9.63. The number of pyridine rings is 1. The predicted octanol–water partition coefficient (Wildman–Crippen LogP) is 5.49. The summed E-state index contributed by atoms with van der Waals surface area (Å²) in [6.45, 7) is 4.92. The van der Waals surface area contributed by atoms with E-state index in [1.54, 1.807) is 20.8 Å². The van der Waals surface area contributed by atoms with Crippen LogP contribution in [0.5, 0.6) is 5.88 Å². The summed E-state index contributed by atoms with van der Waals surface area (Å²) in [7, 11) is -4.09. The molecule has 1 aromatic heterocycles. The Morgan fingerprint density at radius 2 is 1.62 bits per heavy atom. The van der Waals surface area contributed by atoms with E-state index in [0.717, 1.165) is 10.8 Å². The van der Waals surface area contributed by atoms with E-state index in [1.807, 2.05) is 48.5 Å². The van der Waals surface area contributed by atoms with Crippen molar-refractivity contribution < 1.29 is 45.9 Å². The van der Waals surface area contributed by atoms with Crippen molar-refractivity contribution in [1.82, 2.24) is 25.2 Å². The number of carbonyl (C=O) groups is 4. The van der Waals surface area contributed by atoms with Crippen LogP contribution in [0.25, 0.3) is 21.7 Å². The molecule has 4 amide bonds. The van der Waals surface area contributed by atoms with E-state index in [-0.39, 0.29) is 44.5 Å². The van der Waals surface area contributed by atoms with Gasteiger partial charge in [0.2, 0.25) is 33.6 Å². The Morgan fingerprint density at radius 3 is 2.30 bits per heavy atom. The molecule has 5 unspecified atom stereocenters. The van der Waals surface area contributed by atoms with Gasteiger partial charge in [-0.3, -0.25) is 19.1 Å². The average Bonchev–Trinajstić information content (AvgIpc) is 3.91. The van der Waals surface area contributed by atoms with Crippen LogP contribution in [0.4, 0.5) is 13.6 Å². The molecule has 4 fully saturated rings. The van der Waals surface area contributed by atoms with Crippen LogP contribution in [0.1, 0.15) is 91.4 Å². The minimum atomic E-state index is -4.09. The third-order valence-electron chi connectivity index (χ3n) is 11.3. The van der Waals surface area contributed by atoms with Gasteiger partial charge in [-0.05, 0) is 82.7 Å². The van der Waals surface area contributed by atoms with Crippen molar-refractivity contribution in [2.45, 2.75) is 132 Å². The highest BCUT2D eigenvalue weighted by Gasteiger charge is 2.59. The van der Waals surface area contributed by atoms with Gasteiger partial charge in [0.05, 0.1) is 17.3 Å². The Balaban J connectivity index is 1.24. The molecule has 0 spiro atoms. The second kappa shape index (κ2) is 15.1. The summed E-state index contributed by atoms with van der Waals surface area (Å²) in [5.41, 5.74) is -2.17. The van der Waals surface area contributed by atoms with Gasteiger partial charge in [-0.1, -0.05) is 49.2 Å². The number of para-hydroxylation sites is 1. The van der Waals surface area contributed by atoms with Crippen LogP contribution in [-0.4, -0.2) is 89.2 Å².